The molecule has 0 saturated carbocycles. The van der Waals surface area contributed by atoms with Gasteiger partial charge in [-0.25, -0.2) is 4.39 Å². The van der Waals surface area contributed by atoms with Crippen LogP contribution in [0, 0.1) is 5.82 Å². The van der Waals surface area contributed by atoms with E-state index in [1.807, 2.05) is 24.4 Å². The van der Waals surface area contributed by atoms with Crippen molar-refractivity contribution < 1.29 is 9.18 Å². The van der Waals surface area contributed by atoms with Gasteiger partial charge in [-0.3, -0.25) is 4.79 Å². The van der Waals surface area contributed by atoms with E-state index in [0.29, 0.717) is 10.8 Å². The normalized spacial score (nSPS) is 12.1. The van der Waals surface area contributed by atoms with Crippen LogP contribution in [0.15, 0.2) is 46.9 Å². The second-order valence-electron chi connectivity index (χ2n) is 4.95. The van der Waals surface area contributed by atoms with Crippen molar-refractivity contribution in [1.29, 1.82) is 0 Å². The summed E-state index contributed by atoms with van der Waals surface area (Å²) in [5, 5.41) is 16.7. The second-order valence-corrected chi connectivity index (χ2v) is 6.87. The smallest absolute Gasteiger partial charge is 0.230 e. The average molecular weight is 363 g/mol. The van der Waals surface area contributed by atoms with Crippen LogP contribution in [-0.4, -0.2) is 31.9 Å². The van der Waals surface area contributed by atoms with Crippen molar-refractivity contribution in [3.8, 4) is 5.69 Å². The molecular formula is C15H14FN5OS2. The summed E-state index contributed by atoms with van der Waals surface area (Å²) in [7, 11) is 0. The number of tetrazole rings is 1. The zero-order chi connectivity index (χ0) is 16.9. The predicted molar refractivity (Wildman–Crippen MR) is 90.7 cm³/mol. The van der Waals surface area contributed by atoms with Gasteiger partial charge in [-0.1, -0.05) is 23.9 Å². The number of nitrogens with one attached hydrogen (secondary N) is 1. The first-order chi connectivity index (χ1) is 11.6. The van der Waals surface area contributed by atoms with Gasteiger partial charge in [-0.15, -0.1) is 16.4 Å². The molecule has 1 aromatic carbocycles. The van der Waals surface area contributed by atoms with E-state index >= 15 is 0 Å². The van der Waals surface area contributed by atoms with Gasteiger partial charge in [0.25, 0.3) is 0 Å². The van der Waals surface area contributed by atoms with Crippen molar-refractivity contribution in [3.63, 3.8) is 0 Å². The van der Waals surface area contributed by atoms with Crippen molar-refractivity contribution in [2.45, 2.75) is 18.1 Å². The van der Waals surface area contributed by atoms with Crippen LogP contribution in [0.2, 0.25) is 0 Å². The molecule has 3 aromatic rings. The lowest BCUT2D eigenvalue weighted by atomic mass is 10.3. The summed E-state index contributed by atoms with van der Waals surface area (Å²) >= 11 is 2.79. The summed E-state index contributed by atoms with van der Waals surface area (Å²) in [4.78, 5) is 13.2. The molecule has 0 aliphatic heterocycles. The zero-order valence-corrected chi connectivity index (χ0v) is 14.4. The molecular weight excluding hydrogens is 349 g/mol. The first-order valence-corrected chi connectivity index (χ1v) is 9.00. The third-order valence-corrected chi connectivity index (χ3v) is 5.15. The van der Waals surface area contributed by atoms with Gasteiger partial charge in [0.05, 0.1) is 17.5 Å². The fourth-order valence-corrected chi connectivity index (χ4v) is 3.50. The molecule has 0 aliphatic carbocycles. The van der Waals surface area contributed by atoms with Crippen LogP contribution < -0.4 is 5.32 Å². The Kier molecular flexibility index (Phi) is 5.21. The van der Waals surface area contributed by atoms with Crippen LogP contribution in [0.3, 0.4) is 0 Å². The van der Waals surface area contributed by atoms with E-state index in [-0.39, 0.29) is 23.5 Å². The van der Waals surface area contributed by atoms with Crippen LogP contribution in [0.4, 0.5) is 4.39 Å². The molecule has 0 saturated heterocycles. The number of nitrogens with zero attached hydrogens (tertiary/aromatic N) is 4. The highest BCUT2D eigenvalue weighted by Crippen LogP contribution is 2.20. The van der Waals surface area contributed by atoms with Gasteiger partial charge in [0.15, 0.2) is 0 Å². The minimum Gasteiger partial charge on any atom is -0.348 e. The van der Waals surface area contributed by atoms with E-state index in [4.69, 9.17) is 0 Å². The number of hydrogen-bond acceptors (Lipinski definition) is 6. The molecule has 0 bridgehead atoms. The number of aromatic nitrogens is 4. The zero-order valence-electron chi connectivity index (χ0n) is 12.7. The SMILES string of the molecule is C[C@@H](NC(=O)CSc1nnnn1-c1cccc(F)c1)c1cccs1. The molecule has 9 heteroatoms. The number of thioether (sulfide) groups is 1. The highest BCUT2D eigenvalue weighted by atomic mass is 32.2. The molecule has 2 aromatic heterocycles. The topological polar surface area (TPSA) is 72.7 Å². The first-order valence-electron chi connectivity index (χ1n) is 7.13. The number of benzene rings is 1. The molecule has 0 radical (unpaired) electrons. The summed E-state index contributed by atoms with van der Waals surface area (Å²) in [5.41, 5.74) is 0.509. The molecule has 1 amide bonds. The van der Waals surface area contributed by atoms with Gasteiger partial charge in [-0.2, -0.15) is 4.68 Å². The van der Waals surface area contributed by atoms with Gasteiger partial charge in [0.1, 0.15) is 5.82 Å². The molecule has 0 unspecified atom stereocenters. The number of thiophene rings is 1. The maximum Gasteiger partial charge on any atom is 0.230 e. The summed E-state index contributed by atoms with van der Waals surface area (Å²) in [6.07, 6.45) is 0. The Hall–Kier alpha value is -2.26. The lowest BCUT2D eigenvalue weighted by Gasteiger charge is -2.11. The van der Waals surface area contributed by atoms with E-state index < -0.39 is 0 Å². The number of carbonyl (C=O) groups excluding carboxylic acids is 1. The van der Waals surface area contributed by atoms with Gasteiger partial charge < -0.3 is 5.32 Å². The molecule has 3 rings (SSSR count). The highest BCUT2D eigenvalue weighted by molar-refractivity contribution is 7.99. The van der Waals surface area contributed by atoms with Crippen molar-refractivity contribution in [3.05, 3.63) is 52.5 Å². The Bertz CT molecular complexity index is 821. The number of rotatable bonds is 6. The van der Waals surface area contributed by atoms with Crippen LogP contribution in [0.25, 0.3) is 5.69 Å². The fourth-order valence-electron chi connectivity index (χ4n) is 2.06. The summed E-state index contributed by atoms with van der Waals surface area (Å²) in [6, 6.07) is 9.84. The largest absolute Gasteiger partial charge is 0.348 e. The Morgan fingerprint density at radius 2 is 2.29 bits per heavy atom. The van der Waals surface area contributed by atoms with E-state index in [9.17, 15) is 9.18 Å². The molecule has 124 valence electrons. The lowest BCUT2D eigenvalue weighted by Crippen LogP contribution is -2.27. The molecule has 1 N–H and O–H groups in total. The van der Waals surface area contributed by atoms with Crippen LogP contribution in [0.5, 0.6) is 0 Å². The third kappa shape index (κ3) is 3.98. The van der Waals surface area contributed by atoms with Gasteiger partial charge in [0, 0.05) is 4.88 Å². The van der Waals surface area contributed by atoms with Crippen LogP contribution in [-0.2, 0) is 4.79 Å². The van der Waals surface area contributed by atoms with Crippen molar-refractivity contribution in [2.24, 2.45) is 0 Å². The van der Waals surface area contributed by atoms with E-state index in [2.05, 4.69) is 20.8 Å². The minimum atomic E-state index is -0.374. The van der Waals surface area contributed by atoms with Crippen LogP contribution >= 0.6 is 23.1 Å². The van der Waals surface area contributed by atoms with Gasteiger partial charge in [0.2, 0.25) is 11.1 Å². The standard InChI is InChI=1S/C15H14FN5OS2/c1-10(13-6-3-7-23-13)17-14(22)9-24-15-18-19-20-21(15)12-5-2-4-11(16)8-12/h2-8,10H,9H2,1H3,(H,17,22)/t10-/m1/s1. The Balaban J connectivity index is 1.61. The highest BCUT2D eigenvalue weighted by Gasteiger charge is 2.14. The van der Waals surface area contributed by atoms with E-state index in [0.717, 1.165) is 4.88 Å². The number of amides is 1. The number of carbonyl (C=O) groups is 1. The predicted octanol–water partition coefficient (Wildman–Crippen LogP) is 2.83. The number of halogens is 1. The van der Waals surface area contributed by atoms with Gasteiger partial charge in [-0.05, 0) is 47.0 Å². The maximum absolute atomic E-state index is 13.3. The average Bonchev–Trinajstić information content (AvgIpc) is 3.24. The molecule has 0 aliphatic rings. The quantitative estimate of drug-likeness (QED) is 0.682. The van der Waals surface area contributed by atoms with Crippen molar-refractivity contribution >= 4 is 29.0 Å². The van der Waals surface area contributed by atoms with Crippen molar-refractivity contribution in [1.82, 2.24) is 25.5 Å². The second kappa shape index (κ2) is 7.54. The summed E-state index contributed by atoms with van der Waals surface area (Å²) in [5.74, 6) is -0.318. The molecule has 1 atom stereocenters. The molecule has 0 fully saturated rings. The summed E-state index contributed by atoms with van der Waals surface area (Å²) in [6.45, 7) is 1.94. The minimum absolute atomic E-state index is 0.0442. The lowest BCUT2D eigenvalue weighted by molar-refractivity contribution is -0.119. The molecule has 0 spiro atoms. The maximum atomic E-state index is 13.3. The van der Waals surface area contributed by atoms with E-state index in [1.165, 1.54) is 28.6 Å². The van der Waals surface area contributed by atoms with Gasteiger partial charge >= 0.3 is 0 Å². The first kappa shape index (κ1) is 16.6. The Morgan fingerprint density at radius 3 is 3.04 bits per heavy atom. The third-order valence-electron chi connectivity index (χ3n) is 3.17. The molecule has 2 heterocycles. The summed E-state index contributed by atoms with van der Waals surface area (Å²) < 4.78 is 14.7. The van der Waals surface area contributed by atoms with Crippen LogP contribution in [0.1, 0.15) is 17.8 Å². The fraction of sp³-hybridized carbons (Fsp3) is 0.200. The molecule has 24 heavy (non-hydrogen) atoms. The van der Waals surface area contributed by atoms with E-state index in [1.54, 1.807) is 23.5 Å². The Labute approximate surface area is 146 Å². The Morgan fingerprint density at radius 1 is 1.42 bits per heavy atom. The monoisotopic (exact) mass is 363 g/mol. The van der Waals surface area contributed by atoms with Crippen molar-refractivity contribution in [2.75, 3.05) is 5.75 Å². The number of hydrogen-bond donors (Lipinski definition) is 1. The molecule has 6 nitrogen and oxygen atoms in total.